The Hall–Kier alpha value is -0.860. The third kappa shape index (κ3) is 16.5. The van der Waals surface area contributed by atoms with Crippen molar-refractivity contribution in [2.24, 2.45) is 0 Å². The van der Waals surface area contributed by atoms with Crippen molar-refractivity contribution in [2.75, 3.05) is 64.1 Å². The van der Waals surface area contributed by atoms with Crippen molar-refractivity contribution < 1.29 is 56.5 Å². The molecule has 19 heteroatoms. The maximum absolute atomic E-state index is 12.7. The maximum atomic E-state index is 12.7. The Kier molecular flexibility index (Phi) is 21.1. The molecular formula is C27H47I2N8O7S2-. The average Bonchev–Trinajstić information content (AvgIpc) is 3.01. The van der Waals surface area contributed by atoms with Gasteiger partial charge >= 0.3 is 266 Å². The number of esters is 1. The number of aliphatic hydroxyl groups excluding tert-OH is 4. The van der Waals surface area contributed by atoms with Crippen LogP contribution in [-0.2, 0) is 22.6 Å². The van der Waals surface area contributed by atoms with Crippen LogP contribution >= 0.6 is 47.3 Å². The normalized spacial score (nSPS) is 16.8. The Bertz CT molecular complexity index is 1070. The van der Waals surface area contributed by atoms with Crippen molar-refractivity contribution in [3.05, 3.63) is 29.6 Å². The van der Waals surface area contributed by atoms with Crippen molar-refractivity contribution in [3.8, 4) is 0 Å². The number of carbonyl (C=O) groups excluding carboxylic acids is 1. The van der Waals surface area contributed by atoms with Crippen LogP contribution in [0.15, 0.2) is 18.2 Å². The SMILES string of the molecule is CN(I)C[I-]N(Cc1cccc(CN2CCOC(=O)C2CCNC(=S)NCCCO)n1)C(CCNC(=S)NC[C@H](O)CO)C(O)O. The molecule has 3 atom stereocenters. The number of thiocarbonyl (C=S) groups is 2. The second kappa shape index (κ2) is 23.5. The van der Waals surface area contributed by atoms with Gasteiger partial charge in [0.15, 0.2) is 0 Å². The standard InChI is InChI=1S/C27H47I2N8O7S2/c1-35(28)18-29-37(22(24(41)42)6-9-32-27(46)33-14-21(40)17-39)16-20-5-2-4-19(34-20)15-36-11-13-44-25(43)23(36)7-10-31-26(45)30-8-3-12-38/h2,4-5,21-24,38-42H,3,6-18H2,1H3,(H2,30,31,45)(H2,32,33,46)/q-1/t21-,22?,23?/m0/s1. The number of rotatable bonds is 21. The van der Waals surface area contributed by atoms with Crippen LogP contribution in [0, 0.1) is 0 Å². The van der Waals surface area contributed by atoms with Gasteiger partial charge in [-0.1, -0.05) is 0 Å². The van der Waals surface area contributed by atoms with Gasteiger partial charge in [0.05, 0.1) is 0 Å². The molecule has 2 unspecified atom stereocenters. The Balaban J connectivity index is 2.05. The molecule has 1 aliphatic heterocycles. The third-order valence-corrected chi connectivity index (χ3v) is 12.2. The summed E-state index contributed by atoms with van der Waals surface area (Å²) in [5.41, 5.74) is 1.57. The Morgan fingerprint density at radius 1 is 1.13 bits per heavy atom. The third-order valence-electron chi connectivity index (χ3n) is 6.71. The number of hydrogen-bond donors (Lipinski definition) is 9. The molecule has 1 aromatic heterocycles. The monoisotopic (exact) mass is 913 g/mol. The summed E-state index contributed by atoms with van der Waals surface area (Å²) in [6.45, 7) is 2.94. The van der Waals surface area contributed by atoms with Crippen LogP contribution in [0.5, 0.6) is 0 Å². The number of ether oxygens (including phenoxy) is 1. The Labute approximate surface area is 305 Å². The molecular weight excluding hydrogens is 866 g/mol. The van der Waals surface area contributed by atoms with E-state index < -0.39 is 46.0 Å². The minimum atomic E-state index is -1.59. The van der Waals surface area contributed by atoms with Gasteiger partial charge in [0.25, 0.3) is 0 Å². The van der Waals surface area contributed by atoms with Gasteiger partial charge in [-0.15, -0.1) is 0 Å². The number of alkyl halides is 1. The van der Waals surface area contributed by atoms with E-state index in [9.17, 15) is 20.1 Å². The molecule has 15 nitrogen and oxygen atoms in total. The molecule has 1 aliphatic rings. The van der Waals surface area contributed by atoms with Crippen LogP contribution in [0.3, 0.4) is 0 Å². The van der Waals surface area contributed by atoms with Gasteiger partial charge in [0.2, 0.25) is 0 Å². The summed E-state index contributed by atoms with van der Waals surface area (Å²) in [5, 5.41) is 60.9. The van der Waals surface area contributed by atoms with Gasteiger partial charge in [-0.3, -0.25) is 0 Å². The molecule has 0 bridgehead atoms. The summed E-state index contributed by atoms with van der Waals surface area (Å²) >= 11 is 12.1. The summed E-state index contributed by atoms with van der Waals surface area (Å²) < 4.78 is 10.2. The number of cyclic esters (lactones) is 1. The first kappa shape index (κ1) is 41.3. The van der Waals surface area contributed by atoms with Gasteiger partial charge in [0.1, 0.15) is 0 Å². The van der Waals surface area contributed by atoms with E-state index in [0.29, 0.717) is 75.4 Å². The van der Waals surface area contributed by atoms with E-state index in [1.807, 2.05) is 28.4 Å². The number of nitrogens with zero attached hydrogens (tertiary/aromatic N) is 4. The first-order valence-corrected chi connectivity index (χ1v) is 19.2. The number of aliphatic hydroxyl groups is 5. The first-order valence-electron chi connectivity index (χ1n) is 14.9. The summed E-state index contributed by atoms with van der Waals surface area (Å²) in [5.74, 6) is -0.283. The molecule has 0 aromatic carbocycles. The molecule has 0 saturated carbocycles. The van der Waals surface area contributed by atoms with Crippen molar-refractivity contribution in [3.63, 3.8) is 0 Å². The van der Waals surface area contributed by atoms with Gasteiger partial charge in [-0.05, 0) is 18.6 Å². The van der Waals surface area contributed by atoms with Gasteiger partial charge < -0.3 is 10.4 Å². The number of nitrogens with one attached hydrogen (secondary N) is 4. The molecule has 46 heavy (non-hydrogen) atoms. The van der Waals surface area contributed by atoms with Crippen LogP contribution in [0.25, 0.3) is 0 Å². The molecule has 1 fully saturated rings. The van der Waals surface area contributed by atoms with E-state index in [2.05, 4.69) is 52.1 Å². The van der Waals surface area contributed by atoms with Gasteiger partial charge in [-0.2, -0.15) is 0 Å². The molecule has 9 N–H and O–H groups in total. The van der Waals surface area contributed by atoms with E-state index in [1.165, 1.54) is 0 Å². The number of halogens is 2. The molecule has 0 spiro atoms. The van der Waals surface area contributed by atoms with E-state index in [-0.39, 0.29) is 25.7 Å². The molecule has 0 radical (unpaired) electrons. The van der Waals surface area contributed by atoms with Crippen LogP contribution in [0.1, 0.15) is 30.7 Å². The summed E-state index contributed by atoms with van der Waals surface area (Å²) in [7, 11) is 1.96. The number of pyridine rings is 1. The Morgan fingerprint density at radius 2 is 1.83 bits per heavy atom. The zero-order valence-electron chi connectivity index (χ0n) is 25.9. The second-order valence-corrected chi connectivity index (χ2v) is 15.5. The number of morpholine rings is 1. The molecule has 1 aromatic rings. The fraction of sp³-hybridized carbons (Fsp3) is 0.704. The van der Waals surface area contributed by atoms with Crippen molar-refractivity contribution in [2.45, 2.75) is 56.8 Å². The van der Waals surface area contributed by atoms with Crippen molar-refractivity contribution in [1.29, 1.82) is 0 Å². The van der Waals surface area contributed by atoms with E-state index in [1.54, 1.807) is 0 Å². The van der Waals surface area contributed by atoms with Crippen LogP contribution < -0.4 is 42.7 Å². The van der Waals surface area contributed by atoms with Crippen molar-refractivity contribution in [1.82, 2.24) is 37.4 Å². The second-order valence-electron chi connectivity index (χ2n) is 10.5. The number of carbonyl (C=O) groups is 1. The van der Waals surface area contributed by atoms with Crippen LogP contribution in [0.4, 0.5) is 0 Å². The number of aromatic nitrogens is 1. The molecule has 0 aliphatic carbocycles. The zero-order valence-corrected chi connectivity index (χ0v) is 31.8. The Morgan fingerprint density at radius 3 is 2.52 bits per heavy atom. The quantitative estimate of drug-likeness (QED) is 0.00831. The summed E-state index contributed by atoms with van der Waals surface area (Å²) in [6.07, 6.45) is -1.04. The first-order chi connectivity index (χ1) is 22.0. The topological polar surface area (TPSA) is 198 Å². The molecule has 1 saturated heterocycles. The van der Waals surface area contributed by atoms with E-state index in [4.69, 9.17) is 44.4 Å². The fourth-order valence-electron chi connectivity index (χ4n) is 4.38. The average molecular weight is 914 g/mol. The van der Waals surface area contributed by atoms with E-state index >= 15 is 0 Å². The predicted molar refractivity (Wildman–Crippen MR) is 185 cm³/mol. The van der Waals surface area contributed by atoms with Crippen LogP contribution in [0.2, 0.25) is 0 Å². The molecule has 2 heterocycles. The van der Waals surface area contributed by atoms with Gasteiger partial charge in [0, 0.05) is 13.2 Å². The van der Waals surface area contributed by atoms with Crippen LogP contribution in [-0.4, -0.2) is 146 Å². The fourth-order valence-corrected chi connectivity index (χ4v) is 8.02. The molecule has 0 amide bonds. The number of hydrogen-bond acceptors (Lipinski definition) is 13. The molecule has 264 valence electrons. The van der Waals surface area contributed by atoms with Crippen molar-refractivity contribution >= 4 is 63.5 Å². The summed E-state index contributed by atoms with van der Waals surface area (Å²) in [4.78, 5) is 19.6. The van der Waals surface area contributed by atoms with E-state index in [0.717, 1.165) is 15.9 Å². The zero-order chi connectivity index (χ0) is 33.9. The molecule has 2 rings (SSSR count). The summed E-state index contributed by atoms with van der Waals surface area (Å²) in [6, 6.07) is 4.72. The van der Waals surface area contributed by atoms with Gasteiger partial charge in [-0.25, -0.2) is 0 Å². The minimum absolute atomic E-state index is 0.0812. The predicted octanol–water partition coefficient (Wildman–Crippen LogP) is -5.02.